The zero-order valence-corrected chi connectivity index (χ0v) is 13.1. The van der Waals surface area contributed by atoms with Crippen LogP contribution in [0, 0.1) is 0 Å². The Labute approximate surface area is 132 Å². The molecule has 0 spiro atoms. The van der Waals surface area contributed by atoms with Gasteiger partial charge in [-0.3, -0.25) is 9.59 Å². The van der Waals surface area contributed by atoms with Crippen LogP contribution in [0.4, 0.5) is 0 Å². The fourth-order valence-electron chi connectivity index (χ4n) is 2.59. The molecule has 6 nitrogen and oxygen atoms in total. The fraction of sp³-hybridized carbons (Fsp3) is 0.467. The fourth-order valence-corrected chi connectivity index (χ4v) is 3.28. The minimum atomic E-state index is -0.0916. The molecule has 1 aliphatic heterocycles. The number of nitrogens with zero attached hydrogens (tertiary/aromatic N) is 3. The van der Waals surface area contributed by atoms with E-state index >= 15 is 0 Å². The molecule has 1 amide bonds. The summed E-state index contributed by atoms with van der Waals surface area (Å²) < 4.78 is 2.13. The van der Waals surface area contributed by atoms with Crippen molar-refractivity contribution >= 4 is 23.0 Å². The molecule has 1 aliphatic rings. The van der Waals surface area contributed by atoms with Crippen molar-refractivity contribution < 1.29 is 9.59 Å². The molecule has 22 heavy (non-hydrogen) atoms. The Morgan fingerprint density at radius 3 is 3.05 bits per heavy atom. The summed E-state index contributed by atoms with van der Waals surface area (Å²) in [6.45, 7) is 1.51. The highest BCUT2D eigenvalue weighted by Crippen LogP contribution is 2.14. The molecule has 1 N–H and O–H groups in total. The number of Topliss-reactive ketones (excluding diaryl/α,β-unsaturated/α-hetero) is 1. The van der Waals surface area contributed by atoms with Gasteiger partial charge in [0.15, 0.2) is 5.78 Å². The number of nitrogens with one attached hydrogen (secondary N) is 1. The lowest BCUT2D eigenvalue weighted by molar-refractivity contribution is -0.121. The summed E-state index contributed by atoms with van der Waals surface area (Å²) in [6, 6.07) is 3.63. The molecular formula is C15H18N4O2S. The third-order valence-corrected chi connectivity index (χ3v) is 4.64. The third-order valence-electron chi connectivity index (χ3n) is 3.73. The summed E-state index contributed by atoms with van der Waals surface area (Å²) in [5.74, 6) is 1.91. The second-order valence-electron chi connectivity index (χ2n) is 5.29. The first-order valence-electron chi connectivity index (χ1n) is 7.48. The Balaban J connectivity index is 1.38. The van der Waals surface area contributed by atoms with Crippen LogP contribution in [-0.4, -0.2) is 33.0 Å². The number of ketones is 1. The van der Waals surface area contributed by atoms with E-state index < -0.39 is 0 Å². The molecule has 0 radical (unpaired) electrons. The van der Waals surface area contributed by atoms with Gasteiger partial charge in [-0.2, -0.15) is 0 Å². The maximum absolute atomic E-state index is 11.8. The van der Waals surface area contributed by atoms with Gasteiger partial charge in [-0.1, -0.05) is 6.07 Å². The number of aromatic nitrogens is 3. The second-order valence-corrected chi connectivity index (χ2v) is 6.24. The third kappa shape index (κ3) is 3.41. The molecule has 3 rings (SSSR count). The number of carbonyl (C=O) groups excluding carboxylic acids is 2. The van der Waals surface area contributed by atoms with Gasteiger partial charge < -0.3 is 9.88 Å². The number of aryl methyl sites for hydroxylation is 1. The number of hydrogen-bond donors (Lipinski definition) is 1. The molecular weight excluding hydrogens is 300 g/mol. The van der Waals surface area contributed by atoms with Gasteiger partial charge in [-0.25, -0.2) is 0 Å². The Bertz CT molecular complexity index is 663. The maximum Gasteiger partial charge on any atom is 0.220 e. The molecule has 0 aromatic carbocycles. The molecule has 2 aromatic heterocycles. The largest absolute Gasteiger partial charge is 0.356 e. The van der Waals surface area contributed by atoms with Crippen molar-refractivity contribution in [1.82, 2.24) is 20.1 Å². The smallest absolute Gasteiger partial charge is 0.220 e. The SMILES string of the molecule is O=C(CCC(=O)c1cccs1)NCCc1nnc2n1CCC2. The van der Waals surface area contributed by atoms with E-state index in [1.165, 1.54) is 11.3 Å². The normalized spacial score (nSPS) is 13.1. The van der Waals surface area contributed by atoms with Gasteiger partial charge in [0.05, 0.1) is 4.88 Å². The van der Waals surface area contributed by atoms with Crippen LogP contribution >= 0.6 is 11.3 Å². The standard InChI is InChI=1S/C15H18N4O2S/c20-11(12-3-2-10-22-12)5-6-15(21)16-8-7-14-18-17-13-4-1-9-19(13)14/h2-3,10H,1,4-9H2,(H,16,21). The zero-order valence-electron chi connectivity index (χ0n) is 12.2. The summed E-state index contributed by atoms with van der Waals surface area (Å²) in [4.78, 5) is 24.3. The Hall–Kier alpha value is -2.02. The summed E-state index contributed by atoms with van der Waals surface area (Å²) in [5, 5.41) is 13.0. The Kier molecular flexibility index (Phi) is 4.62. The first-order chi connectivity index (χ1) is 10.7. The van der Waals surface area contributed by atoms with Crippen molar-refractivity contribution in [2.45, 2.75) is 38.6 Å². The molecule has 0 bridgehead atoms. The van der Waals surface area contributed by atoms with Crippen molar-refractivity contribution in [3.05, 3.63) is 34.0 Å². The number of amides is 1. The highest BCUT2D eigenvalue weighted by molar-refractivity contribution is 7.12. The van der Waals surface area contributed by atoms with Crippen LogP contribution in [0.1, 0.15) is 40.6 Å². The van der Waals surface area contributed by atoms with Crippen molar-refractivity contribution in [3.63, 3.8) is 0 Å². The van der Waals surface area contributed by atoms with Crippen LogP contribution in [0.5, 0.6) is 0 Å². The molecule has 0 atom stereocenters. The van der Waals surface area contributed by atoms with Gasteiger partial charge in [0.25, 0.3) is 0 Å². The van der Waals surface area contributed by atoms with E-state index in [-0.39, 0.29) is 24.5 Å². The molecule has 0 unspecified atom stereocenters. The van der Waals surface area contributed by atoms with Crippen molar-refractivity contribution in [1.29, 1.82) is 0 Å². The van der Waals surface area contributed by atoms with Gasteiger partial charge in [-0.15, -0.1) is 21.5 Å². The van der Waals surface area contributed by atoms with Crippen molar-refractivity contribution in [3.8, 4) is 0 Å². The van der Waals surface area contributed by atoms with Crippen LogP contribution < -0.4 is 5.32 Å². The van der Waals surface area contributed by atoms with Gasteiger partial charge in [0, 0.05) is 38.8 Å². The molecule has 0 fully saturated rings. The first-order valence-corrected chi connectivity index (χ1v) is 8.36. The molecule has 0 saturated carbocycles. The van der Waals surface area contributed by atoms with Crippen molar-refractivity contribution in [2.75, 3.05) is 6.54 Å². The van der Waals surface area contributed by atoms with Gasteiger partial charge >= 0.3 is 0 Å². The monoisotopic (exact) mass is 318 g/mol. The van der Waals surface area contributed by atoms with E-state index in [2.05, 4.69) is 20.1 Å². The van der Waals surface area contributed by atoms with E-state index in [0.29, 0.717) is 17.8 Å². The van der Waals surface area contributed by atoms with Crippen LogP contribution in [-0.2, 0) is 24.2 Å². The van der Waals surface area contributed by atoms with Gasteiger partial charge in [-0.05, 0) is 17.9 Å². The van der Waals surface area contributed by atoms with Gasteiger partial charge in [0.1, 0.15) is 11.6 Å². The molecule has 2 aromatic rings. The summed E-state index contributed by atoms with van der Waals surface area (Å²) in [5.41, 5.74) is 0. The topological polar surface area (TPSA) is 76.9 Å². The average Bonchev–Trinajstić information content (AvgIpc) is 3.23. The van der Waals surface area contributed by atoms with E-state index in [1.807, 2.05) is 11.4 Å². The minimum Gasteiger partial charge on any atom is -0.356 e. The summed E-state index contributed by atoms with van der Waals surface area (Å²) >= 11 is 1.41. The molecule has 0 saturated heterocycles. The zero-order chi connectivity index (χ0) is 15.4. The van der Waals surface area contributed by atoms with Crippen molar-refractivity contribution in [2.24, 2.45) is 0 Å². The van der Waals surface area contributed by atoms with Crippen LogP contribution in [0.3, 0.4) is 0 Å². The minimum absolute atomic E-state index is 0.0282. The Morgan fingerprint density at radius 2 is 2.23 bits per heavy atom. The summed E-state index contributed by atoms with van der Waals surface area (Å²) in [6.07, 6.45) is 3.28. The number of rotatable bonds is 7. The lowest BCUT2D eigenvalue weighted by atomic mass is 10.2. The molecule has 7 heteroatoms. The number of hydrogen-bond acceptors (Lipinski definition) is 5. The second kappa shape index (κ2) is 6.83. The van der Waals surface area contributed by atoms with E-state index in [0.717, 1.165) is 31.0 Å². The first kappa shape index (κ1) is 14.9. The van der Waals surface area contributed by atoms with E-state index in [9.17, 15) is 9.59 Å². The lowest BCUT2D eigenvalue weighted by Gasteiger charge is -2.05. The van der Waals surface area contributed by atoms with Crippen LogP contribution in [0.2, 0.25) is 0 Å². The number of thiophene rings is 1. The van der Waals surface area contributed by atoms with Crippen LogP contribution in [0.25, 0.3) is 0 Å². The predicted molar refractivity (Wildman–Crippen MR) is 82.9 cm³/mol. The predicted octanol–water partition coefficient (Wildman–Crippen LogP) is 1.61. The highest BCUT2D eigenvalue weighted by Gasteiger charge is 2.17. The maximum atomic E-state index is 11.8. The highest BCUT2D eigenvalue weighted by atomic mass is 32.1. The van der Waals surface area contributed by atoms with Gasteiger partial charge in [0.2, 0.25) is 5.91 Å². The summed E-state index contributed by atoms with van der Waals surface area (Å²) in [7, 11) is 0. The van der Waals surface area contributed by atoms with Crippen LogP contribution in [0.15, 0.2) is 17.5 Å². The Morgan fingerprint density at radius 1 is 1.32 bits per heavy atom. The van der Waals surface area contributed by atoms with E-state index in [4.69, 9.17) is 0 Å². The molecule has 0 aliphatic carbocycles. The average molecular weight is 318 g/mol. The number of fused-ring (bicyclic) bond motifs is 1. The lowest BCUT2D eigenvalue weighted by Crippen LogP contribution is -2.26. The molecule has 116 valence electrons. The quantitative estimate of drug-likeness (QED) is 0.787. The van der Waals surface area contributed by atoms with E-state index in [1.54, 1.807) is 6.07 Å². The molecule has 3 heterocycles. The number of carbonyl (C=O) groups is 2.